The van der Waals surface area contributed by atoms with E-state index >= 15 is 0 Å². The van der Waals surface area contributed by atoms with Crippen LogP contribution < -0.4 is 5.32 Å². The lowest BCUT2D eigenvalue weighted by molar-refractivity contribution is 0.881. The fraction of sp³-hybridized carbons (Fsp3) is 0.250. The van der Waals surface area contributed by atoms with Crippen LogP contribution in [0.15, 0.2) is 12.3 Å². The molecule has 0 aliphatic heterocycles. The highest BCUT2D eigenvalue weighted by molar-refractivity contribution is 5.26. The van der Waals surface area contributed by atoms with E-state index in [1.807, 2.05) is 6.07 Å². The lowest BCUT2D eigenvalue weighted by atomic mass is 10.3. The number of aromatic amines is 1. The first kappa shape index (κ1) is 9.97. The van der Waals surface area contributed by atoms with Crippen LogP contribution in [0.25, 0.3) is 0 Å². The van der Waals surface area contributed by atoms with Crippen LogP contribution in [0.2, 0.25) is 0 Å². The SMILES string of the molecule is N#CCc1ccnc(NCc2nn[nH]n2)n1. The number of nitrogens with zero attached hydrogens (tertiary/aromatic N) is 6. The zero-order chi connectivity index (χ0) is 11.2. The lowest BCUT2D eigenvalue weighted by Gasteiger charge is -2.01. The number of H-pyrrole nitrogens is 1. The molecule has 8 heteroatoms. The second-order valence-electron chi connectivity index (χ2n) is 2.89. The van der Waals surface area contributed by atoms with Gasteiger partial charge in [0.2, 0.25) is 5.95 Å². The second kappa shape index (κ2) is 4.79. The van der Waals surface area contributed by atoms with Gasteiger partial charge in [0.25, 0.3) is 0 Å². The zero-order valence-corrected chi connectivity index (χ0v) is 8.25. The van der Waals surface area contributed by atoms with Gasteiger partial charge in [-0.2, -0.15) is 10.5 Å². The molecule has 2 N–H and O–H groups in total. The normalized spacial score (nSPS) is 9.69. The Morgan fingerprint density at radius 2 is 2.44 bits per heavy atom. The van der Waals surface area contributed by atoms with E-state index in [4.69, 9.17) is 5.26 Å². The molecule has 0 amide bonds. The van der Waals surface area contributed by atoms with Crippen molar-refractivity contribution in [3.63, 3.8) is 0 Å². The van der Waals surface area contributed by atoms with Crippen LogP contribution in [-0.4, -0.2) is 30.6 Å². The minimum atomic E-state index is 0.263. The molecular formula is C8H8N8. The maximum atomic E-state index is 8.53. The molecule has 2 aromatic rings. The predicted molar refractivity (Wildman–Crippen MR) is 52.9 cm³/mol. The van der Waals surface area contributed by atoms with E-state index in [-0.39, 0.29) is 6.42 Å². The van der Waals surface area contributed by atoms with Crippen LogP contribution >= 0.6 is 0 Å². The molecule has 0 aliphatic carbocycles. The number of nitriles is 1. The number of aromatic nitrogens is 6. The van der Waals surface area contributed by atoms with E-state index in [0.29, 0.717) is 24.0 Å². The summed E-state index contributed by atoms with van der Waals surface area (Å²) in [7, 11) is 0. The Bertz CT molecular complexity index is 485. The maximum absolute atomic E-state index is 8.53. The summed E-state index contributed by atoms with van der Waals surface area (Å²) in [5.41, 5.74) is 0.674. The van der Waals surface area contributed by atoms with Crippen molar-refractivity contribution in [2.45, 2.75) is 13.0 Å². The number of tetrazole rings is 1. The highest BCUT2D eigenvalue weighted by Crippen LogP contribution is 2.01. The van der Waals surface area contributed by atoms with Crippen LogP contribution in [0, 0.1) is 11.3 Å². The average molecular weight is 216 g/mol. The Morgan fingerprint density at radius 1 is 1.50 bits per heavy atom. The van der Waals surface area contributed by atoms with Crippen molar-refractivity contribution >= 4 is 5.95 Å². The Balaban J connectivity index is 1.99. The van der Waals surface area contributed by atoms with Gasteiger partial charge in [0.1, 0.15) is 0 Å². The van der Waals surface area contributed by atoms with E-state index in [1.165, 1.54) is 0 Å². The number of nitrogens with one attached hydrogen (secondary N) is 2. The quantitative estimate of drug-likeness (QED) is 0.718. The highest BCUT2D eigenvalue weighted by Gasteiger charge is 2.01. The maximum Gasteiger partial charge on any atom is 0.223 e. The van der Waals surface area contributed by atoms with E-state index in [1.54, 1.807) is 12.3 Å². The summed E-state index contributed by atoms with van der Waals surface area (Å²) in [6.07, 6.45) is 1.86. The fourth-order valence-corrected chi connectivity index (χ4v) is 1.08. The number of hydrogen-bond acceptors (Lipinski definition) is 7. The molecule has 0 aromatic carbocycles. The van der Waals surface area contributed by atoms with Gasteiger partial charge in [0, 0.05) is 6.20 Å². The van der Waals surface area contributed by atoms with E-state index in [0.717, 1.165) is 0 Å². The van der Waals surface area contributed by atoms with Gasteiger partial charge < -0.3 is 5.32 Å². The Kier molecular flexibility index (Phi) is 2.98. The highest BCUT2D eigenvalue weighted by atomic mass is 15.5. The van der Waals surface area contributed by atoms with Crippen LogP contribution in [0.5, 0.6) is 0 Å². The van der Waals surface area contributed by atoms with Gasteiger partial charge in [-0.15, -0.1) is 10.2 Å². The average Bonchev–Trinajstić information content (AvgIpc) is 2.80. The molecule has 0 fully saturated rings. The Labute approximate surface area is 90.7 Å². The first-order valence-corrected chi connectivity index (χ1v) is 4.53. The third kappa shape index (κ3) is 2.48. The molecule has 2 aromatic heterocycles. The molecular weight excluding hydrogens is 208 g/mol. The third-order valence-corrected chi connectivity index (χ3v) is 1.77. The number of anilines is 1. The van der Waals surface area contributed by atoms with Gasteiger partial charge in [0.15, 0.2) is 5.82 Å². The van der Waals surface area contributed by atoms with Crippen molar-refractivity contribution in [1.29, 1.82) is 5.26 Å². The van der Waals surface area contributed by atoms with E-state index in [2.05, 4.69) is 35.9 Å². The van der Waals surface area contributed by atoms with Crippen molar-refractivity contribution in [1.82, 2.24) is 30.6 Å². The van der Waals surface area contributed by atoms with Crippen molar-refractivity contribution in [2.24, 2.45) is 0 Å². The zero-order valence-electron chi connectivity index (χ0n) is 8.25. The molecule has 0 saturated carbocycles. The summed E-state index contributed by atoms with van der Waals surface area (Å²) >= 11 is 0. The van der Waals surface area contributed by atoms with Gasteiger partial charge >= 0.3 is 0 Å². The van der Waals surface area contributed by atoms with Crippen LogP contribution in [0.3, 0.4) is 0 Å². The summed E-state index contributed by atoms with van der Waals surface area (Å²) < 4.78 is 0. The van der Waals surface area contributed by atoms with Gasteiger partial charge in [-0.1, -0.05) is 5.21 Å². The molecule has 0 atom stereocenters. The van der Waals surface area contributed by atoms with Gasteiger partial charge in [0.05, 0.1) is 24.7 Å². The van der Waals surface area contributed by atoms with Crippen LogP contribution in [0.1, 0.15) is 11.5 Å². The molecule has 8 nitrogen and oxygen atoms in total. The summed E-state index contributed by atoms with van der Waals surface area (Å²) in [6.45, 7) is 0.381. The van der Waals surface area contributed by atoms with E-state index in [9.17, 15) is 0 Å². The first-order valence-electron chi connectivity index (χ1n) is 4.53. The van der Waals surface area contributed by atoms with Gasteiger partial charge in [-0.05, 0) is 6.07 Å². The molecule has 0 saturated heterocycles. The standard InChI is InChI=1S/C8H8N8/c9-3-1-6-2-4-10-8(12-6)11-5-7-13-15-16-14-7/h2,4H,1,5H2,(H,10,11,12)(H,13,14,15,16). The first-order chi connectivity index (χ1) is 7.88. The van der Waals surface area contributed by atoms with Crippen molar-refractivity contribution in [3.05, 3.63) is 23.8 Å². The predicted octanol–water partition coefficient (Wildman–Crippen LogP) is -0.332. The largest absolute Gasteiger partial charge is 0.347 e. The van der Waals surface area contributed by atoms with E-state index < -0.39 is 0 Å². The minimum Gasteiger partial charge on any atom is -0.347 e. The number of rotatable bonds is 4. The molecule has 0 radical (unpaired) electrons. The summed E-state index contributed by atoms with van der Waals surface area (Å²) in [5.74, 6) is 0.965. The lowest BCUT2D eigenvalue weighted by Crippen LogP contribution is -2.06. The summed E-state index contributed by atoms with van der Waals surface area (Å²) in [4.78, 5) is 8.13. The molecule has 0 aliphatic rings. The molecule has 2 heterocycles. The fourth-order valence-electron chi connectivity index (χ4n) is 1.08. The molecule has 80 valence electrons. The van der Waals surface area contributed by atoms with Crippen molar-refractivity contribution in [3.8, 4) is 6.07 Å². The van der Waals surface area contributed by atoms with Crippen LogP contribution in [-0.2, 0) is 13.0 Å². The monoisotopic (exact) mass is 216 g/mol. The molecule has 2 rings (SSSR count). The second-order valence-corrected chi connectivity index (χ2v) is 2.89. The number of hydrogen-bond donors (Lipinski definition) is 2. The molecule has 0 spiro atoms. The van der Waals surface area contributed by atoms with Gasteiger partial charge in [-0.3, -0.25) is 0 Å². The summed E-state index contributed by atoms with van der Waals surface area (Å²) in [6, 6.07) is 3.72. The Hall–Kier alpha value is -2.56. The third-order valence-electron chi connectivity index (χ3n) is 1.77. The molecule has 0 unspecified atom stereocenters. The molecule has 0 bridgehead atoms. The van der Waals surface area contributed by atoms with Crippen LogP contribution in [0.4, 0.5) is 5.95 Å². The van der Waals surface area contributed by atoms with Crippen molar-refractivity contribution in [2.75, 3.05) is 5.32 Å². The molecule has 16 heavy (non-hydrogen) atoms. The Morgan fingerprint density at radius 3 is 3.19 bits per heavy atom. The van der Waals surface area contributed by atoms with Gasteiger partial charge in [-0.25, -0.2) is 9.97 Å². The summed E-state index contributed by atoms with van der Waals surface area (Å²) in [5, 5.41) is 24.8. The minimum absolute atomic E-state index is 0.263. The van der Waals surface area contributed by atoms with Crippen molar-refractivity contribution < 1.29 is 0 Å². The topological polar surface area (TPSA) is 116 Å². The smallest absolute Gasteiger partial charge is 0.223 e.